The Bertz CT molecular complexity index is 851. The van der Waals surface area contributed by atoms with Crippen LogP contribution in [0.25, 0.3) is 21.8 Å². The summed E-state index contributed by atoms with van der Waals surface area (Å²) in [5.41, 5.74) is 2.84. The minimum absolute atomic E-state index is 0.706. The third-order valence-corrected chi connectivity index (χ3v) is 3.19. The first-order valence-corrected chi connectivity index (χ1v) is 6.64. The molecule has 3 nitrogen and oxygen atoms in total. The number of hydrogen-bond acceptors (Lipinski definition) is 2. The number of para-hydroxylation sites is 1. The summed E-state index contributed by atoms with van der Waals surface area (Å²) in [6.07, 6.45) is 3.67. The molecule has 2 aromatic heterocycles. The molecule has 0 spiro atoms. The molecule has 3 heteroatoms. The molecule has 1 N–H and O–H groups in total. The maximum Gasteiger partial charge on any atom is 0.0991 e. The van der Waals surface area contributed by atoms with Crippen LogP contribution in [0.15, 0.2) is 73.1 Å². The molecule has 0 aliphatic heterocycles. The van der Waals surface area contributed by atoms with Crippen LogP contribution in [0.3, 0.4) is 0 Å². The SMILES string of the molecule is N#Cc1ccc2[nH]ccc2c1.c1ccc2ncccc2c1. The van der Waals surface area contributed by atoms with E-state index in [9.17, 15) is 0 Å². The van der Waals surface area contributed by atoms with Crippen molar-refractivity contribution in [3.63, 3.8) is 0 Å². The number of nitrogens with zero attached hydrogens (tertiary/aromatic N) is 2. The van der Waals surface area contributed by atoms with Gasteiger partial charge >= 0.3 is 0 Å². The number of nitrogens with one attached hydrogen (secondary N) is 1. The van der Waals surface area contributed by atoms with Crippen LogP contribution in [0.5, 0.6) is 0 Å². The lowest BCUT2D eigenvalue weighted by atomic mass is 10.2. The van der Waals surface area contributed by atoms with Crippen molar-refractivity contribution in [2.45, 2.75) is 0 Å². The van der Waals surface area contributed by atoms with Gasteiger partial charge in [-0.2, -0.15) is 5.26 Å². The highest BCUT2D eigenvalue weighted by Gasteiger charge is 1.94. The summed E-state index contributed by atoms with van der Waals surface area (Å²) in [6, 6.07) is 21.7. The average Bonchev–Trinajstić information content (AvgIpc) is 3.03. The van der Waals surface area contributed by atoms with Crippen LogP contribution in [0, 0.1) is 11.3 Å². The molecular weight excluding hydrogens is 258 g/mol. The number of hydrogen-bond donors (Lipinski definition) is 1. The highest BCUT2D eigenvalue weighted by atomic mass is 14.7. The number of pyridine rings is 1. The first-order chi connectivity index (χ1) is 10.4. The molecule has 2 heterocycles. The van der Waals surface area contributed by atoms with Crippen molar-refractivity contribution in [2.75, 3.05) is 0 Å². The molecule has 0 saturated heterocycles. The molecule has 0 radical (unpaired) electrons. The van der Waals surface area contributed by atoms with Crippen LogP contribution < -0.4 is 0 Å². The molecule has 2 aromatic carbocycles. The molecule has 0 aliphatic carbocycles. The van der Waals surface area contributed by atoms with Crippen LogP contribution in [0.1, 0.15) is 5.56 Å². The van der Waals surface area contributed by atoms with E-state index in [1.807, 2.05) is 54.9 Å². The Morgan fingerprint density at radius 2 is 1.76 bits per heavy atom. The first kappa shape index (κ1) is 12.9. The fourth-order valence-corrected chi connectivity index (χ4v) is 2.14. The topological polar surface area (TPSA) is 52.5 Å². The van der Waals surface area contributed by atoms with E-state index in [1.165, 1.54) is 5.39 Å². The Morgan fingerprint density at radius 3 is 2.62 bits per heavy atom. The number of fused-ring (bicyclic) bond motifs is 2. The Hall–Kier alpha value is -3.12. The van der Waals surface area contributed by atoms with Gasteiger partial charge in [0.05, 0.1) is 17.1 Å². The first-order valence-electron chi connectivity index (χ1n) is 6.64. The average molecular weight is 271 g/mol. The van der Waals surface area contributed by atoms with E-state index in [4.69, 9.17) is 5.26 Å². The van der Waals surface area contributed by atoms with E-state index in [2.05, 4.69) is 28.2 Å². The van der Waals surface area contributed by atoms with Crippen molar-refractivity contribution in [2.24, 2.45) is 0 Å². The lowest BCUT2D eigenvalue weighted by molar-refractivity contribution is 1.41. The molecule has 4 rings (SSSR count). The van der Waals surface area contributed by atoms with Gasteiger partial charge in [-0.15, -0.1) is 0 Å². The lowest BCUT2D eigenvalue weighted by Crippen LogP contribution is -1.73. The Labute approximate surface area is 122 Å². The second-order valence-corrected chi connectivity index (χ2v) is 4.59. The van der Waals surface area contributed by atoms with E-state index in [0.717, 1.165) is 16.4 Å². The highest BCUT2D eigenvalue weighted by molar-refractivity contribution is 5.80. The fourth-order valence-electron chi connectivity index (χ4n) is 2.14. The summed E-state index contributed by atoms with van der Waals surface area (Å²) in [6.45, 7) is 0. The van der Waals surface area contributed by atoms with Gasteiger partial charge in [0.1, 0.15) is 0 Å². The molecule has 0 atom stereocenters. The minimum Gasteiger partial charge on any atom is -0.361 e. The Kier molecular flexibility index (Phi) is 3.62. The summed E-state index contributed by atoms with van der Waals surface area (Å²) < 4.78 is 0. The van der Waals surface area contributed by atoms with Gasteiger partial charge in [-0.1, -0.05) is 24.3 Å². The van der Waals surface area contributed by atoms with Gasteiger partial charge < -0.3 is 4.98 Å². The van der Waals surface area contributed by atoms with Crippen LogP contribution in [0.4, 0.5) is 0 Å². The molecule has 4 aromatic rings. The predicted octanol–water partition coefficient (Wildman–Crippen LogP) is 4.27. The summed E-state index contributed by atoms with van der Waals surface area (Å²) >= 11 is 0. The van der Waals surface area contributed by atoms with Crippen molar-refractivity contribution in [1.82, 2.24) is 9.97 Å². The predicted molar refractivity (Wildman–Crippen MR) is 84.8 cm³/mol. The zero-order valence-corrected chi connectivity index (χ0v) is 11.3. The fraction of sp³-hybridized carbons (Fsp3) is 0. The van der Waals surface area contributed by atoms with Crippen molar-refractivity contribution >= 4 is 21.8 Å². The van der Waals surface area contributed by atoms with Crippen LogP contribution in [-0.2, 0) is 0 Å². The molecule has 0 saturated carbocycles. The number of nitriles is 1. The summed E-state index contributed by atoms with van der Waals surface area (Å²) in [5.74, 6) is 0. The molecular formula is C18H13N3. The van der Waals surface area contributed by atoms with Gasteiger partial charge in [0.2, 0.25) is 0 Å². The third kappa shape index (κ3) is 2.90. The standard InChI is InChI=1S/C9H6N2.C9H7N/c10-6-7-1-2-9-8(5-7)3-4-11-9;1-2-6-9-8(4-1)5-3-7-10-9/h1-5,11H;1-7H. The van der Waals surface area contributed by atoms with Crippen LogP contribution >= 0.6 is 0 Å². The largest absolute Gasteiger partial charge is 0.361 e. The number of H-pyrrole nitrogens is 1. The van der Waals surface area contributed by atoms with E-state index >= 15 is 0 Å². The maximum absolute atomic E-state index is 8.57. The van der Waals surface area contributed by atoms with Crippen LogP contribution in [0.2, 0.25) is 0 Å². The quantitative estimate of drug-likeness (QED) is 0.519. The second kappa shape index (κ2) is 5.89. The second-order valence-electron chi connectivity index (χ2n) is 4.59. The van der Waals surface area contributed by atoms with Crippen molar-refractivity contribution in [3.8, 4) is 6.07 Å². The smallest absolute Gasteiger partial charge is 0.0991 e. The Balaban J connectivity index is 0.000000126. The maximum atomic E-state index is 8.57. The van der Waals surface area contributed by atoms with Crippen molar-refractivity contribution in [1.29, 1.82) is 5.26 Å². The molecule has 0 bridgehead atoms. The van der Waals surface area contributed by atoms with Crippen LogP contribution in [-0.4, -0.2) is 9.97 Å². The molecule has 0 fully saturated rings. The van der Waals surface area contributed by atoms with E-state index in [0.29, 0.717) is 5.56 Å². The van der Waals surface area contributed by atoms with Gasteiger partial charge in [-0.05, 0) is 36.4 Å². The molecule has 0 aliphatic rings. The molecule has 0 unspecified atom stereocenters. The zero-order chi connectivity index (χ0) is 14.5. The van der Waals surface area contributed by atoms with E-state index < -0.39 is 0 Å². The van der Waals surface area contributed by atoms with Gasteiger partial charge in [-0.3, -0.25) is 4.98 Å². The number of aromatic amines is 1. The lowest BCUT2D eigenvalue weighted by Gasteiger charge is -1.91. The number of benzene rings is 2. The van der Waals surface area contributed by atoms with Gasteiger partial charge in [-0.25, -0.2) is 0 Å². The Morgan fingerprint density at radius 1 is 0.905 bits per heavy atom. The number of aromatic nitrogens is 2. The van der Waals surface area contributed by atoms with Gasteiger partial charge in [0, 0.05) is 28.7 Å². The minimum atomic E-state index is 0.706. The van der Waals surface area contributed by atoms with Crippen molar-refractivity contribution in [3.05, 3.63) is 78.6 Å². The van der Waals surface area contributed by atoms with Gasteiger partial charge in [0.25, 0.3) is 0 Å². The van der Waals surface area contributed by atoms with Gasteiger partial charge in [0.15, 0.2) is 0 Å². The third-order valence-electron chi connectivity index (χ3n) is 3.19. The number of rotatable bonds is 0. The highest BCUT2D eigenvalue weighted by Crippen LogP contribution is 2.13. The zero-order valence-electron chi connectivity index (χ0n) is 11.3. The normalized spacial score (nSPS) is 9.86. The summed E-state index contributed by atoms with van der Waals surface area (Å²) in [5, 5.41) is 10.9. The van der Waals surface area contributed by atoms with E-state index in [-0.39, 0.29) is 0 Å². The van der Waals surface area contributed by atoms with E-state index in [1.54, 1.807) is 6.07 Å². The summed E-state index contributed by atoms with van der Waals surface area (Å²) in [7, 11) is 0. The molecule has 21 heavy (non-hydrogen) atoms. The molecule has 100 valence electrons. The summed E-state index contributed by atoms with van der Waals surface area (Å²) in [4.78, 5) is 7.24. The van der Waals surface area contributed by atoms with Crippen molar-refractivity contribution < 1.29 is 0 Å². The monoisotopic (exact) mass is 271 g/mol. The molecule has 0 amide bonds.